The molecule has 13 heavy (non-hydrogen) atoms. The molecule has 0 amide bonds. The molecule has 2 rings (SSSR count). The molecule has 0 spiro atoms. The second-order valence-corrected chi connectivity index (χ2v) is 3.47. The summed E-state index contributed by atoms with van der Waals surface area (Å²) in [7, 11) is 2.03. The number of nitrogens with zero attached hydrogens (tertiary/aromatic N) is 1. The van der Waals surface area contributed by atoms with Gasteiger partial charge < -0.3 is 14.1 Å². The van der Waals surface area contributed by atoms with Crippen molar-refractivity contribution in [2.45, 2.75) is 18.9 Å². The molecule has 1 unspecified atom stereocenters. The van der Waals surface area contributed by atoms with Gasteiger partial charge in [-0.05, 0) is 18.9 Å². The van der Waals surface area contributed by atoms with Gasteiger partial charge in [0.1, 0.15) is 0 Å². The van der Waals surface area contributed by atoms with Gasteiger partial charge in [-0.25, -0.2) is 0 Å². The zero-order chi connectivity index (χ0) is 9.10. The lowest BCUT2D eigenvalue weighted by Gasteiger charge is -2.19. The van der Waals surface area contributed by atoms with Crippen LogP contribution in [-0.4, -0.2) is 26.3 Å². The SMILES string of the molecule is CN(CC1CCCO1)c1ccco1. The molecular weight excluding hydrogens is 166 g/mol. The van der Waals surface area contributed by atoms with Crippen molar-refractivity contribution in [3.63, 3.8) is 0 Å². The molecule has 0 aliphatic carbocycles. The second kappa shape index (κ2) is 3.83. The fraction of sp³-hybridized carbons (Fsp3) is 0.600. The van der Waals surface area contributed by atoms with E-state index in [-0.39, 0.29) is 0 Å². The number of ether oxygens (including phenoxy) is 1. The molecule has 2 heterocycles. The Morgan fingerprint density at radius 3 is 3.15 bits per heavy atom. The molecule has 0 N–H and O–H groups in total. The minimum Gasteiger partial charge on any atom is -0.449 e. The van der Waals surface area contributed by atoms with E-state index in [4.69, 9.17) is 9.15 Å². The molecule has 1 saturated heterocycles. The highest BCUT2D eigenvalue weighted by molar-refractivity contribution is 5.33. The molecule has 1 fully saturated rings. The predicted molar refractivity (Wildman–Crippen MR) is 51.0 cm³/mol. The van der Waals surface area contributed by atoms with Gasteiger partial charge in [-0.15, -0.1) is 0 Å². The Labute approximate surface area is 78.3 Å². The molecule has 1 atom stereocenters. The molecular formula is C10H15NO2. The summed E-state index contributed by atoms with van der Waals surface area (Å²) in [5.74, 6) is 0.913. The monoisotopic (exact) mass is 181 g/mol. The number of hydrogen-bond acceptors (Lipinski definition) is 3. The zero-order valence-corrected chi connectivity index (χ0v) is 7.90. The highest BCUT2D eigenvalue weighted by atomic mass is 16.5. The van der Waals surface area contributed by atoms with Crippen molar-refractivity contribution in [1.29, 1.82) is 0 Å². The van der Waals surface area contributed by atoms with Crippen molar-refractivity contribution in [2.75, 3.05) is 25.1 Å². The summed E-state index contributed by atoms with van der Waals surface area (Å²) in [6.07, 6.45) is 4.44. The molecule has 3 nitrogen and oxygen atoms in total. The van der Waals surface area contributed by atoms with E-state index in [1.165, 1.54) is 12.8 Å². The second-order valence-electron chi connectivity index (χ2n) is 3.47. The average molecular weight is 181 g/mol. The molecule has 72 valence electrons. The third-order valence-electron chi connectivity index (χ3n) is 2.38. The number of rotatable bonds is 3. The van der Waals surface area contributed by atoms with Crippen molar-refractivity contribution >= 4 is 5.88 Å². The largest absolute Gasteiger partial charge is 0.449 e. The van der Waals surface area contributed by atoms with Gasteiger partial charge in [0.15, 0.2) is 5.88 Å². The van der Waals surface area contributed by atoms with E-state index in [0.29, 0.717) is 6.10 Å². The van der Waals surface area contributed by atoms with Crippen molar-refractivity contribution in [3.8, 4) is 0 Å². The van der Waals surface area contributed by atoms with Crippen LogP contribution < -0.4 is 4.90 Å². The first kappa shape index (κ1) is 8.63. The topological polar surface area (TPSA) is 25.6 Å². The first-order valence-electron chi connectivity index (χ1n) is 4.72. The summed E-state index contributed by atoms with van der Waals surface area (Å²) < 4.78 is 10.8. The predicted octanol–water partition coefficient (Wildman–Crippen LogP) is 1.89. The Morgan fingerprint density at radius 1 is 1.62 bits per heavy atom. The number of anilines is 1. The smallest absolute Gasteiger partial charge is 0.195 e. The summed E-state index contributed by atoms with van der Waals surface area (Å²) in [4.78, 5) is 2.09. The van der Waals surface area contributed by atoms with Crippen LogP contribution in [0.1, 0.15) is 12.8 Å². The normalized spacial score (nSPS) is 22.1. The van der Waals surface area contributed by atoms with E-state index in [1.54, 1.807) is 6.26 Å². The number of hydrogen-bond donors (Lipinski definition) is 0. The van der Waals surface area contributed by atoms with Gasteiger partial charge in [0, 0.05) is 26.3 Å². The summed E-state index contributed by atoms with van der Waals surface area (Å²) in [6.45, 7) is 1.84. The highest BCUT2D eigenvalue weighted by Gasteiger charge is 2.18. The van der Waals surface area contributed by atoms with Crippen LogP contribution in [0.25, 0.3) is 0 Å². The minimum absolute atomic E-state index is 0.384. The average Bonchev–Trinajstić information content (AvgIpc) is 2.74. The Morgan fingerprint density at radius 2 is 2.54 bits per heavy atom. The van der Waals surface area contributed by atoms with E-state index in [0.717, 1.165) is 19.0 Å². The van der Waals surface area contributed by atoms with Crippen LogP contribution >= 0.6 is 0 Å². The van der Waals surface area contributed by atoms with Gasteiger partial charge >= 0.3 is 0 Å². The van der Waals surface area contributed by atoms with E-state index in [1.807, 2.05) is 19.2 Å². The van der Waals surface area contributed by atoms with Gasteiger partial charge in [0.2, 0.25) is 0 Å². The van der Waals surface area contributed by atoms with E-state index in [2.05, 4.69) is 4.90 Å². The maximum Gasteiger partial charge on any atom is 0.195 e. The molecule has 1 aliphatic rings. The van der Waals surface area contributed by atoms with Crippen molar-refractivity contribution in [1.82, 2.24) is 0 Å². The Kier molecular flexibility index (Phi) is 2.54. The number of furan rings is 1. The van der Waals surface area contributed by atoms with Crippen LogP contribution in [-0.2, 0) is 4.74 Å². The maximum atomic E-state index is 5.54. The molecule has 3 heteroatoms. The van der Waals surface area contributed by atoms with E-state index in [9.17, 15) is 0 Å². The molecule has 1 aliphatic heterocycles. The summed E-state index contributed by atoms with van der Waals surface area (Å²) in [6, 6.07) is 3.87. The van der Waals surface area contributed by atoms with Crippen LogP contribution in [0.5, 0.6) is 0 Å². The van der Waals surface area contributed by atoms with Crippen molar-refractivity contribution in [3.05, 3.63) is 18.4 Å². The quantitative estimate of drug-likeness (QED) is 0.712. The first-order chi connectivity index (χ1) is 6.36. The van der Waals surface area contributed by atoms with Crippen molar-refractivity contribution in [2.24, 2.45) is 0 Å². The Balaban J connectivity index is 1.87. The van der Waals surface area contributed by atoms with Crippen LogP contribution in [0, 0.1) is 0 Å². The molecule has 1 aromatic heterocycles. The highest BCUT2D eigenvalue weighted by Crippen LogP contribution is 2.17. The lowest BCUT2D eigenvalue weighted by molar-refractivity contribution is 0.116. The van der Waals surface area contributed by atoms with Crippen LogP contribution in [0.2, 0.25) is 0 Å². The van der Waals surface area contributed by atoms with Gasteiger partial charge in [-0.3, -0.25) is 0 Å². The Bertz CT molecular complexity index is 239. The van der Waals surface area contributed by atoms with Crippen LogP contribution in [0.3, 0.4) is 0 Å². The van der Waals surface area contributed by atoms with Crippen LogP contribution in [0.15, 0.2) is 22.8 Å². The lowest BCUT2D eigenvalue weighted by Crippen LogP contribution is -2.28. The standard InChI is InChI=1S/C10H15NO2/c1-11(10-5-3-7-13-10)8-9-4-2-6-12-9/h3,5,7,9H,2,4,6,8H2,1H3. The van der Waals surface area contributed by atoms with Crippen LogP contribution in [0.4, 0.5) is 5.88 Å². The van der Waals surface area contributed by atoms with Gasteiger partial charge in [0.05, 0.1) is 12.4 Å². The van der Waals surface area contributed by atoms with Gasteiger partial charge in [-0.2, -0.15) is 0 Å². The molecule has 1 aromatic rings. The lowest BCUT2D eigenvalue weighted by atomic mass is 10.2. The summed E-state index contributed by atoms with van der Waals surface area (Å²) in [5.41, 5.74) is 0. The fourth-order valence-corrected chi connectivity index (χ4v) is 1.67. The third-order valence-corrected chi connectivity index (χ3v) is 2.38. The summed E-state index contributed by atoms with van der Waals surface area (Å²) in [5, 5.41) is 0. The minimum atomic E-state index is 0.384. The molecule has 0 bridgehead atoms. The van der Waals surface area contributed by atoms with E-state index < -0.39 is 0 Å². The van der Waals surface area contributed by atoms with E-state index >= 15 is 0 Å². The molecule has 0 saturated carbocycles. The third kappa shape index (κ3) is 2.04. The van der Waals surface area contributed by atoms with Gasteiger partial charge in [-0.1, -0.05) is 0 Å². The Hall–Kier alpha value is -0.960. The van der Waals surface area contributed by atoms with Gasteiger partial charge in [0.25, 0.3) is 0 Å². The summed E-state index contributed by atoms with van der Waals surface area (Å²) >= 11 is 0. The fourth-order valence-electron chi connectivity index (χ4n) is 1.67. The zero-order valence-electron chi connectivity index (χ0n) is 7.90. The van der Waals surface area contributed by atoms with Crippen molar-refractivity contribution < 1.29 is 9.15 Å². The first-order valence-corrected chi connectivity index (χ1v) is 4.72. The number of likely N-dealkylation sites (N-methyl/N-ethyl adjacent to an activating group) is 1. The maximum absolute atomic E-state index is 5.54. The molecule has 0 radical (unpaired) electrons. The molecule has 0 aromatic carbocycles.